The Kier molecular flexibility index (Phi) is 5.84. The van der Waals surface area contributed by atoms with Crippen LogP contribution in [0.2, 0.25) is 0 Å². The molecular formula is C20H32N4O. The molecule has 1 aromatic carbocycles. The number of ether oxygens (including phenoxy) is 1. The highest BCUT2D eigenvalue weighted by molar-refractivity contribution is 5.80. The van der Waals surface area contributed by atoms with Crippen molar-refractivity contribution in [3.63, 3.8) is 0 Å². The van der Waals surface area contributed by atoms with Gasteiger partial charge in [0, 0.05) is 30.7 Å². The molecule has 5 nitrogen and oxygen atoms in total. The highest BCUT2D eigenvalue weighted by Gasteiger charge is 2.33. The number of benzene rings is 1. The quantitative estimate of drug-likeness (QED) is 0.615. The molecule has 2 saturated heterocycles. The molecule has 0 aromatic heterocycles. The zero-order valence-electron chi connectivity index (χ0n) is 15.8. The van der Waals surface area contributed by atoms with Crippen LogP contribution in [0.1, 0.15) is 45.2 Å². The lowest BCUT2D eigenvalue weighted by atomic mass is 9.89. The smallest absolute Gasteiger partial charge is 0.191 e. The summed E-state index contributed by atoms with van der Waals surface area (Å²) in [5.41, 5.74) is 2.83. The van der Waals surface area contributed by atoms with Crippen LogP contribution in [-0.4, -0.2) is 45.4 Å². The second-order valence-electron chi connectivity index (χ2n) is 7.65. The van der Waals surface area contributed by atoms with Gasteiger partial charge >= 0.3 is 0 Å². The van der Waals surface area contributed by atoms with Crippen molar-refractivity contribution in [1.29, 1.82) is 0 Å². The lowest BCUT2D eigenvalue weighted by molar-refractivity contribution is -0.0945. The zero-order valence-corrected chi connectivity index (χ0v) is 15.8. The van der Waals surface area contributed by atoms with Crippen molar-refractivity contribution in [3.8, 4) is 0 Å². The second-order valence-corrected chi connectivity index (χ2v) is 7.65. The Morgan fingerprint density at radius 3 is 2.72 bits per heavy atom. The predicted molar refractivity (Wildman–Crippen MR) is 104 cm³/mol. The summed E-state index contributed by atoms with van der Waals surface area (Å²) in [6, 6.07) is 9.11. The first-order valence-electron chi connectivity index (χ1n) is 9.57. The van der Waals surface area contributed by atoms with Crippen molar-refractivity contribution in [2.75, 3.05) is 44.3 Å². The van der Waals surface area contributed by atoms with Crippen LogP contribution in [0.4, 0.5) is 5.69 Å². The van der Waals surface area contributed by atoms with E-state index >= 15 is 0 Å². The highest BCUT2D eigenvalue weighted by Crippen LogP contribution is 2.27. The van der Waals surface area contributed by atoms with Gasteiger partial charge in [0.1, 0.15) is 0 Å². The Morgan fingerprint density at radius 1 is 1.32 bits per heavy atom. The number of anilines is 1. The van der Waals surface area contributed by atoms with E-state index in [0.29, 0.717) is 0 Å². The van der Waals surface area contributed by atoms with Crippen LogP contribution in [-0.2, 0) is 4.74 Å². The van der Waals surface area contributed by atoms with E-state index in [1.807, 2.05) is 0 Å². The standard InChI is InChI=1S/C20H32N4O/c1-4-21-19(22-13-20(3)14-25-15-20)23-16(2)17-8-7-9-18(12-17)24-10-5-6-11-24/h7-9,12,16H,4-6,10-11,13-15H2,1-3H3,(H2,21,22,23). The van der Waals surface area contributed by atoms with Crippen LogP contribution in [0.3, 0.4) is 0 Å². The number of aliphatic imine (C=N–C) groups is 1. The molecule has 2 aliphatic heterocycles. The summed E-state index contributed by atoms with van der Waals surface area (Å²) in [6.07, 6.45) is 2.61. The fourth-order valence-electron chi connectivity index (χ4n) is 3.39. The van der Waals surface area contributed by atoms with Gasteiger partial charge in [-0.3, -0.25) is 4.99 Å². The minimum atomic E-state index is 0.196. The van der Waals surface area contributed by atoms with E-state index in [0.717, 1.165) is 32.3 Å². The van der Waals surface area contributed by atoms with Gasteiger partial charge in [0.15, 0.2) is 5.96 Å². The summed E-state index contributed by atoms with van der Waals surface area (Å²) in [7, 11) is 0. The first-order valence-corrected chi connectivity index (χ1v) is 9.57. The van der Waals surface area contributed by atoms with Crippen LogP contribution in [0.25, 0.3) is 0 Å². The van der Waals surface area contributed by atoms with Gasteiger partial charge in [0.05, 0.1) is 25.8 Å². The summed E-state index contributed by atoms with van der Waals surface area (Å²) in [5.74, 6) is 0.884. The summed E-state index contributed by atoms with van der Waals surface area (Å²) in [6.45, 7) is 12.2. The average molecular weight is 345 g/mol. The molecule has 138 valence electrons. The van der Waals surface area contributed by atoms with E-state index in [-0.39, 0.29) is 11.5 Å². The van der Waals surface area contributed by atoms with Gasteiger partial charge in [0.2, 0.25) is 0 Å². The van der Waals surface area contributed by atoms with Crippen LogP contribution >= 0.6 is 0 Å². The third-order valence-corrected chi connectivity index (χ3v) is 5.06. The minimum Gasteiger partial charge on any atom is -0.380 e. The Morgan fingerprint density at radius 2 is 2.08 bits per heavy atom. The lowest BCUT2D eigenvalue weighted by Gasteiger charge is -2.36. The zero-order chi connectivity index (χ0) is 17.7. The van der Waals surface area contributed by atoms with E-state index in [2.05, 4.69) is 60.6 Å². The van der Waals surface area contributed by atoms with Gasteiger partial charge in [-0.2, -0.15) is 0 Å². The summed E-state index contributed by atoms with van der Waals surface area (Å²) < 4.78 is 5.33. The molecule has 5 heteroatoms. The first kappa shape index (κ1) is 18.1. The topological polar surface area (TPSA) is 48.9 Å². The Balaban J connectivity index is 1.65. The van der Waals surface area contributed by atoms with Gasteiger partial charge in [-0.05, 0) is 44.4 Å². The number of hydrogen-bond donors (Lipinski definition) is 2. The van der Waals surface area contributed by atoms with Crippen molar-refractivity contribution < 1.29 is 4.74 Å². The number of hydrogen-bond acceptors (Lipinski definition) is 3. The molecule has 0 radical (unpaired) electrons. The Hall–Kier alpha value is -1.75. The third-order valence-electron chi connectivity index (χ3n) is 5.06. The predicted octanol–water partition coefficient (Wildman–Crippen LogP) is 2.94. The van der Waals surface area contributed by atoms with Crippen LogP contribution in [0, 0.1) is 5.41 Å². The molecule has 3 rings (SSSR count). The van der Waals surface area contributed by atoms with Gasteiger partial charge in [0.25, 0.3) is 0 Å². The van der Waals surface area contributed by atoms with Crippen molar-refractivity contribution in [3.05, 3.63) is 29.8 Å². The summed E-state index contributed by atoms with van der Waals surface area (Å²) in [5, 5.41) is 6.91. The first-order chi connectivity index (χ1) is 12.1. The molecular weight excluding hydrogens is 312 g/mol. The van der Waals surface area contributed by atoms with Crippen molar-refractivity contribution >= 4 is 11.6 Å². The molecule has 2 fully saturated rings. The molecule has 2 N–H and O–H groups in total. The van der Waals surface area contributed by atoms with Crippen molar-refractivity contribution in [2.24, 2.45) is 10.4 Å². The maximum Gasteiger partial charge on any atom is 0.191 e. The van der Waals surface area contributed by atoms with Crippen LogP contribution in [0.15, 0.2) is 29.3 Å². The van der Waals surface area contributed by atoms with Gasteiger partial charge < -0.3 is 20.3 Å². The third kappa shape index (κ3) is 4.66. The van der Waals surface area contributed by atoms with Crippen LogP contribution in [0.5, 0.6) is 0 Å². The second kappa shape index (κ2) is 8.09. The number of nitrogens with one attached hydrogen (secondary N) is 2. The number of nitrogens with zero attached hydrogens (tertiary/aromatic N) is 2. The van der Waals surface area contributed by atoms with E-state index in [1.165, 1.54) is 37.2 Å². The van der Waals surface area contributed by atoms with E-state index in [4.69, 9.17) is 9.73 Å². The molecule has 1 aromatic rings. The molecule has 2 heterocycles. The molecule has 0 bridgehead atoms. The summed E-state index contributed by atoms with van der Waals surface area (Å²) in [4.78, 5) is 7.26. The fraction of sp³-hybridized carbons (Fsp3) is 0.650. The van der Waals surface area contributed by atoms with Crippen molar-refractivity contribution in [2.45, 2.75) is 39.7 Å². The largest absolute Gasteiger partial charge is 0.380 e. The van der Waals surface area contributed by atoms with E-state index < -0.39 is 0 Å². The maximum atomic E-state index is 5.33. The highest BCUT2D eigenvalue weighted by atomic mass is 16.5. The molecule has 1 atom stereocenters. The molecule has 0 aliphatic carbocycles. The summed E-state index contributed by atoms with van der Waals surface area (Å²) >= 11 is 0. The van der Waals surface area contributed by atoms with Gasteiger partial charge in [-0.1, -0.05) is 19.1 Å². The number of rotatable bonds is 6. The molecule has 0 saturated carbocycles. The SMILES string of the molecule is CCNC(=NCC1(C)COC1)NC(C)c1cccc(N2CCCC2)c1. The molecule has 25 heavy (non-hydrogen) atoms. The molecule has 0 amide bonds. The molecule has 1 unspecified atom stereocenters. The Labute approximate surface area is 151 Å². The molecule has 2 aliphatic rings. The van der Waals surface area contributed by atoms with E-state index in [9.17, 15) is 0 Å². The minimum absolute atomic E-state index is 0.196. The lowest BCUT2D eigenvalue weighted by Crippen LogP contribution is -2.44. The number of guanidine groups is 1. The Bertz CT molecular complexity index is 591. The van der Waals surface area contributed by atoms with Crippen LogP contribution < -0.4 is 15.5 Å². The maximum absolute atomic E-state index is 5.33. The van der Waals surface area contributed by atoms with Crippen molar-refractivity contribution in [1.82, 2.24) is 10.6 Å². The normalized spacial score (nSPS) is 20.9. The van der Waals surface area contributed by atoms with Gasteiger partial charge in [-0.25, -0.2) is 0 Å². The fourth-order valence-corrected chi connectivity index (χ4v) is 3.39. The molecule has 0 spiro atoms. The van der Waals surface area contributed by atoms with E-state index in [1.54, 1.807) is 0 Å². The van der Waals surface area contributed by atoms with Gasteiger partial charge in [-0.15, -0.1) is 0 Å². The average Bonchev–Trinajstić information content (AvgIpc) is 3.13. The monoisotopic (exact) mass is 344 g/mol.